The first-order valence-electron chi connectivity index (χ1n) is 5.37. The molecule has 6 nitrogen and oxygen atoms in total. The van der Waals surface area contributed by atoms with Crippen LogP contribution in [0.25, 0.3) is 6.08 Å². The summed E-state index contributed by atoms with van der Waals surface area (Å²) in [7, 11) is 0. The quantitative estimate of drug-likeness (QED) is 0.590. The molecule has 19 heavy (non-hydrogen) atoms. The minimum Gasteiger partial charge on any atom is -0.481 e. The monoisotopic (exact) mass is 264 g/mol. The number of carboxylic acid groups (broad SMARTS) is 2. The fourth-order valence-corrected chi connectivity index (χ4v) is 1.25. The Morgan fingerprint density at radius 3 is 2.32 bits per heavy atom. The molecule has 0 bridgehead atoms. The van der Waals surface area contributed by atoms with E-state index >= 15 is 0 Å². The maximum Gasteiger partial charge on any atom is 0.345 e. The fourth-order valence-electron chi connectivity index (χ4n) is 1.25. The van der Waals surface area contributed by atoms with Crippen LogP contribution in [0.1, 0.15) is 12.0 Å². The van der Waals surface area contributed by atoms with Gasteiger partial charge in [-0.15, -0.1) is 0 Å². The average Bonchev–Trinajstić information content (AvgIpc) is 2.36. The van der Waals surface area contributed by atoms with Gasteiger partial charge in [-0.25, -0.2) is 9.59 Å². The van der Waals surface area contributed by atoms with Crippen LogP contribution in [0.3, 0.4) is 0 Å². The van der Waals surface area contributed by atoms with Crippen molar-refractivity contribution in [3.63, 3.8) is 0 Å². The first-order valence-corrected chi connectivity index (χ1v) is 5.37. The summed E-state index contributed by atoms with van der Waals surface area (Å²) in [6.45, 7) is 0. The zero-order valence-corrected chi connectivity index (χ0v) is 9.85. The van der Waals surface area contributed by atoms with Crippen LogP contribution in [0.5, 0.6) is 0 Å². The van der Waals surface area contributed by atoms with E-state index < -0.39 is 30.4 Å². The highest BCUT2D eigenvalue weighted by atomic mass is 16.6. The van der Waals surface area contributed by atoms with Crippen molar-refractivity contribution >= 4 is 24.0 Å². The molecular weight excluding hydrogens is 252 g/mol. The first kappa shape index (κ1) is 14.4. The van der Waals surface area contributed by atoms with Gasteiger partial charge in [0.1, 0.15) is 0 Å². The number of benzene rings is 1. The van der Waals surface area contributed by atoms with Gasteiger partial charge in [-0.05, 0) is 11.6 Å². The molecule has 0 aliphatic carbocycles. The van der Waals surface area contributed by atoms with Gasteiger partial charge in [-0.2, -0.15) is 0 Å². The maximum absolute atomic E-state index is 11.3. The van der Waals surface area contributed by atoms with E-state index in [2.05, 4.69) is 4.74 Å². The molecule has 0 fully saturated rings. The molecule has 0 saturated carbocycles. The van der Waals surface area contributed by atoms with Gasteiger partial charge >= 0.3 is 17.9 Å². The fraction of sp³-hybridized carbons (Fsp3) is 0.154. The molecule has 0 saturated heterocycles. The number of carbonyl (C=O) groups excluding carboxylic acids is 1. The van der Waals surface area contributed by atoms with E-state index in [9.17, 15) is 14.4 Å². The van der Waals surface area contributed by atoms with Crippen molar-refractivity contribution < 1.29 is 29.3 Å². The van der Waals surface area contributed by atoms with Crippen molar-refractivity contribution in [3.8, 4) is 0 Å². The van der Waals surface area contributed by atoms with Crippen LogP contribution in [0.4, 0.5) is 0 Å². The summed E-state index contributed by atoms with van der Waals surface area (Å²) < 4.78 is 4.54. The summed E-state index contributed by atoms with van der Waals surface area (Å²) in [4.78, 5) is 32.4. The molecular formula is C13H12O6. The summed E-state index contributed by atoms with van der Waals surface area (Å²) in [6, 6.07) is 8.85. The summed E-state index contributed by atoms with van der Waals surface area (Å²) in [5.74, 6) is -3.76. The van der Waals surface area contributed by atoms with Crippen LogP contribution < -0.4 is 0 Å². The largest absolute Gasteiger partial charge is 0.481 e. The Morgan fingerprint density at radius 1 is 1.16 bits per heavy atom. The molecule has 1 aromatic rings. The van der Waals surface area contributed by atoms with E-state index in [-0.39, 0.29) is 0 Å². The number of hydrogen-bond donors (Lipinski definition) is 2. The predicted molar refractivity (Wildman–Crippen MR) is 65.2 cm³/mol. The third-order valence-electron chi connectivity index (χ3n) is 2.11. The van der Waals surface area contributed by atoms with Crippen molar-refractivity contribution in [1.29, 1.82) is 0 Å². The van der Waals surface area contributed by atoms with Crippen LogP contribution in [-0.4, -0.2) is 34.2 Å². The molecule has 0 aliphatic heterocycles. The Balaban J connectivity index is 2.60. The third-order valence-corrected chi connectivity index (χ3v) is 2.11. The van der Waals surface area contributed by atoms with Gasteiger partial charge in [0.15, 0.2) is 0 Å². The number of aliphatic carboxylic acids is 2. The second kappa shape index (κ2) is 6.95. The smallest absolute Gasteiger partial charge is 0.345 e. The Labute approximate surface area is 108 Å². The van der Waals surface area contributed by atoms with Crippen molar-refractivity contribution in [1.82, 2.24) is 0 Å². The van der Waals surface area contributed by atoms with Gasteiger partial charge in [0.2, 0.25) is 6.10 Å². The Hall–Kier alpha value is -2.63. The van der Waals surface area contributed by atoms with Crippen LogP contribution in [0.15, 0.2) is 36.4 Å². The zero-order chi connectivity index (χ0) is 14.3. The SMILES string of the molecule is O=C(O)CC(OC(=O)/C=C/c1ccccc1)C(=O)O. The van der Waals surface area contributed by atoms with E-state index in [4.69, 9.17) is 10.2 Å². The van der Waals surface area contributed by atoms with Gasteiger partial charge in [0, 0.05) is 6.08 Å². The molecule has 6 heteroatoms. The number of carbonyl (C=O) groups is 3. The van der Waals surface area contributed by atoms with E-state index in [1.165, 1.54) is 6.08 Å². The number of hydrogen-bond acceptors (Lipinski definition) is 4. The molecule has 1 aromatic carbocycles. The van der Waals surface area contributed by atoms with Crippen LogP contribution in [0.2, 0.25) is 0 Å². The molecule has 0 aliphatic rings. The highest BCUT2D eigenvalue weighted by molar-refractivity contribution is 5.90. The van der Waals surface area contributed by atoms with E-state index in [1.54, 1.807) is 24.3 Å². The molecule has 1 unspecified atom stereocenters. The number of ether oxygens (including phenoxy) is 1. The molecule has 0 aromatic heterocycles. The average molecular weight is 264 g/mol. The molecule has 0 radical (unpaired) electrons. The molecule has 0 heterocycles. The normalized spacial score (nSPS) is 12.0. The standard InChI is InChI=1S/C13H12O6/c14-11(15)8-10(13(17)18)19-12(16)7-6-9-4-2-1-3-5-9/h1-7,10H,8H2,(H,14,15)(H,17,18)/b7-6+. The van der Waals surface area contributed by atoms with Crippen molar-refractivity contribution in [3.05, 3.63) is 42.0 Å². The Morgan fingerprint density at radius 2 is 1.79 bits per heavy atom. The van der Waals surface area contributed by atoms with E-state index in [0.717, 1.165) is 11.6 Å². The second-order valence-corrected chi connectivity index (χ2v) is 3.61. The lowest BCUT2D eigenvalue weighted by Gasteiger charge is -2.09. The predicted octanol–water partition coefficient (Wildman–Crippen LogP) is 1.17. The highest BCUT2D eigenvalue weighted by Gasteiger charge is 2.24. The van der Waals surface area contributed by atoms with Crippen LogP contribution in [0, 0.1) is 0 Å². The highest BCUT2D eigenvalue weighted by Crippen LogP contribution is 2.04. The topological polar surface area (TPSA) is 101 Å². The summed E-state index contributed by atoms with van der Waals surface area (Å²) in [5.41, 5.74) is 0.740. The summed E-state index contributed by atoms with van der Waals surface area (Å²) in [5, 5.41) is 17.2. The summed E-state index contributed by atoms with van der Waals surface area (Å²) >= 11 is 0. The number of esters is 1. The molecule has 1 rings (SSSR count). The number of carboxylic acids is 2. The first-order chi connectivity index (χ1) is 8.99. The van der Waals surface area contributed by atoms with Crippen molar-refractivity contribution in [2.45, 2.75) is 12.5 Å². The van der Waals surface area contributed by atoms with E-state index in [1.807, 2.05) is 6.07 Å². The third kappa shape index (κ3) is 5.49. The lowest BCUT2D eigenvalue weighted by atomic mass is 10.2. The Bertz CT molecular complexity index is 491. The van der Waals surface area contributed by atoms with Gasteiger partial charge in [0.05, 0.1) is 6.42 Å². The summed E-state index contributed by atoms with van der Waals surface area (Å²) in [6.07, 6.45) is 0.0282. The molecule has 1 atom stereocenters. The van der Waals surface area contributed by atoms with Crippen molar-refractivity contribution in [2.75, 3.05) is 0 Å². The molecule has 0 amide bonds. The second-order valence-electron chi connectivity index (χ2n) is 3.61. The minimum atomic E-state index is -1.69. The van der Waals surface area contributed by atoms with Crippen LogP contribution in [-0.2, 0) is 19.1 Å². The minimum absolute atomic E-state index is 0.740. The van der Waals surface area contributed by atoms with Gasteiger partial charge in [0.25, 0.3) is 0 Å². The number of rotatable bonds is 6. The Kier molecular flexibility index (Phi) is 5.28. The lowest BCUT2D eigenvalue weighted by molar-refractivity contribution is -0.164. The van der Waals surface area contributed by atoms with Crippen molar-refractivity contribution in [2.24, 2.45) is 0 Å². The maximum atomic E-state index is 11.3. The zero-order valence-electron chi connectivity index (χ0n) is 9.85. The van der Waals surface area contributed by atoms with E-state index in [0.29, 0.717) is 0 Å². The lowest BCUT2D eigenvalue weighted by Crippen LogP contribution is -2.28. The van der Waals surface area contributed by atoms with Gasteiger partial charge in [-0.3, -0.25) is 4.79 Å². The van der Waals surface area contributed by atoms with Crippen LogP contribution >= 0.6 is 0 Å². The molecule has 2 N–H and O–H groups in total. The van der Waals surface area contributed by atoms with Gasteiger partial charge in [-0.1, -0.05) is 30.3 Å². The molecule has 100 valence electrons. The van der Waals surface area contributed by atoms with Gasteiger partial charge < -0.3 is 14.9 Å². The molecule has 0 spiro atoms.